The van der Waals surface area contributed by atoms with Crippen molar-refractivity contribution in [3.63, 3.8) is 0 Å². The first-order chi connectivity index (χ1) is 32.3. The summed E-state index contributed by atoms with van der Waals surface area (Å²) >= 11 is 0. The summed E-state index contributed by atoms with van der Waals surface area (Å²) in [6, 6.07) is 17.5. The van der Waals surface area contributed by atoms with Crippen molar-refractivity contribution in [1.29, 1.82) is 0 Å². The summed E-state index contributed by atoms with van der Waals surface area (Å²) in [6.07, 6.45) is 6.70. The Hall–Kier alpha value is -6.90. The number of ether oxygens (including phenoxy) is 8. The number of fused-ring (bicyclic) bond motifs is 2. The van der Waals surface area contributed by atoms with Crippen molar-refractivity contribution in [1.82, 2.24) is 0 Å². The zero-order valence-corrected chi connectivity index (χ0v) is 37.3. The van der Waals surface area contributed by atoms with Gasteiger partial charge in [0.2, 0.25) is 0 Å². The summed E-state index contributed by atoms with van der Waals surface area (Å²) in [5.41, 5.74) is 1.16. The molecule has 4 aromatic rings. The van der Waals surface area contributed by atoms with Crippen LogP contribution in [0.4, 0.5) is 0 Å². The molecule has 0 saturated heterocycles. The fraction of sp³-hybridized carbons (Fsp3) is 0.373. The van der Waals surface area contributed by atoms with Crippen LogP contribution >= 0.6 is 0 Å². The lowest BCUT2D eigenvalue weighted by Gasteiger charge is -2.21. The lowest BCUT2D eigenvalue weighted by molar-refractivity contribution is -0.148. The molecule has 4 atom stereocenters. The molecule has 0 saturated carbocycles. The molecule has 4 aromatic carbocycles. The van der Waals surface area contributed by atoms with Gasteiger partial charge in [-0.15, -0.1) is 18.9 Å². The average Bonchev–Trinajstić information content (AvgIpc) is 3.33. The monoisotopic (exact) mass is 926 g/mol. The Morgan fingerprint density at radius 3 is 1.37 bits per heavy atom. The maximum Gasteiger partial charge on any atom is 0.330 e. The van der Waals surface area contributed by atoms with Gasteiger partial charge in [0.05, 0.1) is 0 Å². The smallest absolute Gasteiger partial charge is 0.330 e. The van der Waals surface area contributed by atoms with Gasteiger partial charge in [-0.2, -0.15) is 0 Å². The fourth-order valence-electron chi connectivity index (χ4n) is 6.35. The Kier molecular flexibility index (Phi) is 22.2. The number of unbranched alkanes of at least 4 members (excludes halogenated alkanes) is 2. The molecule has 0 fully saturated rings. The largest absolute Gasteiger partial charge is 0.491 e. The Labute approximate surface area is 389 Å². The molecular formula is C51H58O16. The van der Waals surface area contributed by atoms with Gasteiger partial charge in [0, 0.05) is 49.0 Å². The Balaban J connectivity index is 1.72. The Bertz CT molecular complexity index is 2350. The minimum atomic E-state index is -1.22. The van der Waals surface area contributed by atoms with E-state index in [0.717, 1.165) is 22.9 Å². The molecule has 0 radical (unpaired) electrons. The van der Waals surface area contributed by atoms with E-state index in [-0.39, 0.29) is 72.1 Å². The third-order valence-corrected chi connectivity index (χ3v) is 9.76. The van der Waals surface area contributed by atoms with Gasteiger partial charge in [-0.05, 0) is 77.2 Å². The molecule has 0 amide bonds. The fourth-order valence-corrected chi connectivity index (χ4v) is 6.35. The van der Waals surface area contributed by atoms with Gasteiger partial charge in [0.15, 0.2) is 0 Å². The van der Waals surface area contributed by atoms with Crippen molar-refractivity contribution in [2.24, 2.45) is 0 Å². The quantitative estimate of drug-likeness (QED) is 0.0126. The van der Waals surface area contributed by atoms with Gasteiger partial charge < -0.3 is 58.3 Å². The van der Waals surface area contributed by atoms with Gasteiger partial charge in [-0.1, -0.05) is 43.5 Å². The van der Waals surface area contributed by atoms with Gasteiger partial charge in [0.25, 0.3) is 0 Å². The summed E-state index contributed by atoms with van der Waals surface area (Å²) in [4.78, 5) is 47.6. The minimum Gasteiger partial charge on any atom is -0.491 e. The number of rotatable bonds is 31. The molecule has 16 heteroatoms. The van der Waals surface area contributed by atoms with E-state index < -0.39 is 48.3 Å². The van der Waals surface area contributed by atoms with E-state index in [1.165, 1.54) is 0 Å². The first-order valence-corrected chi connectivity index (χ1v) is 21.6. The van der Waals surface area contributed by atoms with Gasteiger partial charge in [0.1, 0.15) is 100 Å². The first-order valence-electron chi connectivity index (χ1n) is 21.6. The third-order valence-electron chi connectivity index (χ3n) is 9.76. The predicted molar refractivity (Wildman–Crippen MR) is 248 cm³/mol. The number of allylic oxidation sites excluding steroid dienone is 1. The number of carbonyl (C=O) groups is 4. The van der Waals surface area contributed by atoms with Gasteiger partial charge in [-0.3, -0.25) is 9.59 Å². The normalized spacial score (nSPS) is 12.6. The minimum absolute atomic E-state index is 0.0814. The van der Waals surface area contributed by atoms with Crippen LogP contribution in [0.2, 0.25) is 0 Å². The van der Waals surface area contributed by atoms with Crippen molar-refractivity contribution < 1.29 is 77.5 Å². The number of aliphatic hydroxyl groups is 4. The molecule has 16 nitrogen and oxygen atoms in total. The Morgan fingerprint density at radius 1 is 0.552 bits per heavy atom. The molecule has 0 heterocycles. The van der Waals surface area contributed by atoms with Crippen LogP contribution in [0.5, 0.6) is 23.0 Å². The van der Waals surface area contributed by atoms with Crippen molar-refractivity contribution >= 4 is 45.4 Å². The number of terminal acetylenes is 1. The second-order valence-corrected chi connectivity index (χ2v) is 15.2. The second-order valence-electron chi connectivity index (χ2n) is 15.2. The zero-order chi connectivity index (χ0) is 48.6. The van der Waals surface area contributed by atoms with Crippen LogP contribution in [0.3, 0.4) is 0 Å². The molecule has 4 rings (SSSR count). The third kappa shape index (κ3) is 18.1. The van der Waals surface area contributed by atoms with Crippen molar-refractivity contribution in [2.75, 3.05) is 52.9 Å². The summed E-state index contributed by atoms with van der Waals surface area (Å²) in [6.45, 7) is 8.09. The van der Waals surface area contributed by atoms with Crippen LogP contribution in [-0.4, -0.2) is 122 Å². The molecule has 0 bridgehead atoms. The highest BCUT2D eigenvalue weighted by atomic mass is 16.6. The molecular weight excluding hydrogens is 869 g/mol. The number of aliphatic hydroxyl groups excluding tert-OH is 4. The number of esters is 4. The van der Waals surface area contributed by atoms with Crippen molar-refractivity contribution in [3.05, 3.63) is 110 Å². The molecule has 4 unspecified atom stereocenters. The van der Waals surface area contributed by atoms with Gasteiger partial charge >= 0.3 is 23.9 Å². The maximum absolute atomic E-state index is 12.1. The van der Waals surface area contributed by atoms with Crippen LogP contribution in [0, 0.1) is 12.3 Å². The van der Waals surface area contributed by atoms with Crippen LogP contribution < -0.4 is 18.9 Å². The summed E-state index contributed by atoms with van der Waals surface area (Å²) in [5, 5.41) is 45.4. The summed E-state index contributed by atoms with van der Waals surface area (Å²) in [5.74, 6) is 1.45. The van der Waals surface area contributed by atoms with Crippen LogP contribution in [0.15, 0.2) is 98.6 Å². The highest BCUT2D eigenvalue weighted by Crippen LogP contribution is 2.38. The Morgan fingerprint density at radius 2 is 0.955 bits per heavy atom. The number of hydrogen-bond acceptors (Lipinski definition) is 16. The molecule has 0 aliphatic carbocycles. The van der Waals surface area contributed by atoms with E-state index in [4.69, 9.17) is 44.3 Å². The van der Waals surface area contributed by atoms with Crippen LogP contribution in [-0.2, 0) is 44.5 Å². The zero-order valence-electron chi connectivity index (χ0n) is 37.3. The van der Waals surface area contributed by atoms with E-state index >= 15 is 0 Å². The molecule has 67 heavy (non-hydrogen) atoms. The summed E-state index contributed by atoms with van der Waals surface area (Å²) < 4.78 is 44.7. The van der Waals surface area contributed by atoms with Crippen molar-refractivity contribution in [2.45, 2.75) is 69.4 Å². The second kappa shape index (κ2) is 28.2. The molecule has 4 N–H and O–H groups in total. The van der Waals surface area contributed by atoms with Crippen LogP contribution in [0.25, 0.3) is 21.5 Å². The van der Waals surface area contributed by atoms with Crippen LogP contribution in [0.1, 0.15) is 49.7 Å². The predicted octanol–water partition coefficient (Wildman–Crippen LogP) is 5.25. The lowest BCUT2D eigenvalue weighted by atomic mass is 9.93. The SMILES string of the molecule is C#CCCCC(=O)OCC(O)COc1ccc2ccc(OCC(O)COC(=O)C=C)c(Cc3c(OCC(O)COC(=O)C=C)ccc4ccc(OCC(O)COC(=O)CCCC=C)cc34)c2c1. The average molecular weight is 927 g/mol. The molecule has 358 valence electrons. The maximum atomic E-state index is 12.1. The summed E-state index contributed by atoms with van der Waals surface area (Å²) in [7, 11) is 0. The topological polar surface area (TPSA) is 223 Å². The van der Waals surface area contributed by atoms with E-state index in [1.807, 2.05) is 0 Å². The first kappa shape index (κ1) is 52.7. The van der Waals surface area contributed by atoms with E-state index in [2.05, 4.69) is 25.7 Å². The van der Waals surface area contributed by atoms with Gasteiger partial charge in [-0.25, -0.2) is 9.59 Å². The highest BCUT2D eigenvalue weighted by Gasteiger charge is 2.21. The molecule has 0 aliphatic rings. The van der Waals surface area contributed by atoms with E-state index in [9.17, 15) is 39.6 Å². The van der Waals surface area contributed by atoms with Crippen molar-refractivity contribution in [3.8, 4) is 35.3 Å². The highest BCUT2D eigenvalue weighted by molar-refractivity contribution is 5.93. The van der Waals surface area contributed by atoms with E-state index in [0.29, 0.717) is 70.6 Å². The number of hydrogen-bond donors (Lipinski definition) is 4. The number of benzene rings is 4. The standard InChI is InChI=1S/C51H58O16/c1-5-9-11-13-50(58)66-32-36(52)26-60-40-19-15-34-17-21-46(62-28-38(54)30-64-48(56)7-3)44(42(34)23-40)25-45-43-24-41(61-27-37(53)33-67-51(59)14-12-10-6-2)20-16-35(43)18-22-47(45)63-29-39(55)31-65-49(57)8-4/h1,6-8,15-24,36-39,52-55H,2-4,9-14,25-33H2. The molecule has 0 aromatic heterocycles. The number of carbonyl (C=O) groups excluding carboxylic acids is 4. The molecule has 0 aliphatic heterocycles. The lowest BCUT2D eigenvalue weighted by Crippen LogP contribution is -2.25. The van der Waals surface area contributed by atoms with E-state index in [1.54, 1.807) is 66.7 Å². The molecule has 0 spiro atoms.